The van der Waals surface area contributed by atoms with E-state index in [0.29, 0.717) is 12.6 Å². The predicted octanol–water partition coefficient (Wildman–Crippen LogP) is 3.25. The summed E-state index contributed by atoms with van der Waals surface area (Å²) in [4.78, 5) is 3.60. The second-order valence-corrected chi connectivity index (χ2v) is 7.22. The molecule has 0 spiro atoms. The number of H-pyrrole nitrogens is 1. The van der Waals surface area contributed by atoms with Crippen LogP contribution < -0.4 is 5.32 Å². The summed E-state index contributed by atoms with van der Waals surface area (Å²) in [7, 11) is 0. The number of nitrogens with one attached hydrogen (secondary N) is 2. The highest BCUT2D eigenvalue weighted by Crippen LogP contribution is 2.31. The lowest BCUT2D eigenvalue weighted by Crippen LogP contribution is -2.29. The van der Waals surface area contributed by atoms with Crippen molar-refractivity contribution in [3.05, 3.63) is 46.3 Å². The van der Waals surface area contributed by atoms with Gasteiger partial charge >= 0.3 is 0 Å². The van der Waals surface area contributed by atoms with Crippen molar-refractivity contribution in [2.24, 2.45) is 0 Å². The number of nitrogens with zero attached hydrogens (tertiary/aromatic N) is 2. The van der Waals surface area contributed by atoms with Crippen molar-refractivity contribution in [2.75, 3.05) is 11.9 Å². The molecular weight excluding hydrogens is 312 g/mol. The summed E-state index contributed by atoms with van der Waals surface area (Å²) in [6, 6.07) is 7.03. The van der Waals surface area contributed by atoms with Crippen molar-refractivity contribution in [2.45, 2.75) is 52.6 Å². The molecule has 0 fully saturated rings. The van der Waals surface area contributed by atoms with Crippen LogP contribution in [0.3, 0.4) is 0 Å². The fraction of sp³-hybridized carbons (Fsp3) is 0.450. The SMILES string of the molecule is Cc1ccc2[nH]c3c(c2c1)CC(Nc1c(C)c(C)nn1CCO)CC3. The standard InChI is InChI=1S/C20H26N4O/c1-12-4-6-18-16(10-12)17-11-15(5-7-19(17)22-18)21-20-13(2)14(3)23-24(20)8-9-25/h4,6,10,15,21-22,25H,5,7-9,11H2,1-3H3. The lowest BCUT2D eigenvalue weighted by Gasteiger charge is -2.25. The number of fused-ring (bicyclic) bond motifs is 3. The number of rotatable bonds is 4. The Balaban J connectivity index is 1.63. The molecule has 0 radical (unpaired) electrons. The lowest BCUT2D eigenvalue weighted by molar-refractivity contribution is 0.270. The second kappa shape index (κ2) is 6.23. The molecule has 0 amide bonds. The third kappa shape index (κ3) is 2.82. The maximum absolute atomic E-state index is 9.30. The lowest BCUT2D eigenvalue weighted by atomic mass is 9.91. The summed E-state index contributed by atoms with van der Waals surface area (Å²) >= 11 is 0. The highest BCUT2D eigenvalue weighted by atomic mass is 16.3. The largest absolute Gasteiger partial charge is 0.394 e. The van der Waals surface area contributed by atoms with Gasteiger partial charge < -0.3 is 15.4 Å². The Morgan fingerprint density at radius 1 is 1.32 bits per heavy atom. The quantitative estimate of drug-likeness (QED) is 0.684. The summed E-state index contributed by atoms with van der Waals surface area (Å²) < 4.78 is 1.90. The number of benzene rings is 1. The highest BCUT2D eigenvalue weighted by molar-refractivity contribution is 5.85. The first-order chi connectivity index (χ1) is 12.1. The fourth-order valence-corrected chi connectivity index (χ4v) is 3.96. The average molecular weight is 338 g/mol. The van der Waals surface area contributed by atoms with Crippen molar-refractivity contribution in [1.29, 1.82) is 0 Å². The summed E-state index contributed by atoms with van der Waals surface area (Å²) in [5, 5.41) is 18.9. The Hall–Kier alpha value is -2.27. The molecule has 1 unspecified atom stereocenters. The zero-order chi connectivity index (χ0) is 17.6. The van der Waals surface area contributed by atoms with Crippen molar-refractivity contribution in [1.82, 2.24) is 14.8 Å². The van der Waals surface area contributed by atoms with E-state index in [1.165, 1.54) is 33.3 Å². The van der Waals surface area contributed by atoms with Crippen molar-refractivity contribution < 1.29 is 5.11 Å². The van der Waals surface area contributed by atoms with E-state index >= 15 is 0 Å². The molecule has 0 aliphatic heterocycles. The van der Waals surface area contributed by atoms with Gasteiger partial charge in [-0.2, -0.15) is 5.10 Å². The Morgan fingerprint density at radius 2 is 2.16 bits per heavy atom. The number of aryl methyl sites for hydroxylation is 3. The molecule has 2 aromatic heterocycles. The summed E-state index contributed by atoms with van der Waals surface area (Å²) in [6.07, 6.45) is 3.18. The molecule has 1 aliphatic rings. The zero-order valence-electron chi connectivity index (χ0n) is 15.2. The summed E-state index contributed by atoms with van der Waals surface area (Å²) in [5.74, 6) is 1.05. The van der Waals surface area contributed by atoms with E-state index < -0.39 is 0 Å². The Morgan fingerprint density at radius 3 is 2.96 bits per heavy atom. The second-order valence-electron chi connectivity index (χ2n) is 7.22. The molecule has 4 rings (SSSR count). The number of anilines is 1. The van der Waals surface area contributed by atoms with Gasteiger partial charge in [0.2, 0.25) is 0 Å². The minimum absolute atomic E-state index is 0.103. The maximum Gasteiger partial charge on any atom is 0.127 e. The van der Waals surface area contributed by atoms with E-state index in [0.717, 1.165) is 30.8 Å². The van der Waals surface area contributed by atoms with Crippen LogP contribution in [-0.4, -0.2) is 32.5 Å². The van der Waals surface area contributed by atoms with Crippen LogP contribution in [-0.2, 0) is 19.4 Å². The van der Waals surface area contributed by atoms with E-state index in [1.54, 1.807) is 0 Å². The van der Waals surface area contributed by atoms with E-state index in [1.807, 2.05) is 11.6 Å². The molecule has 25 heavy (non-hydrogen) atoms. The number of aliphatic hydroxyl groups excluding tert-OH is 1. The summed E-state index contributed by atoms with van der Waals surface area (Å²) in [6.45, 7) is 6.90. The predicted molar refractivity (Wildman–Crippen MR) is 101 cm³/mol. The molecule has 0 saturated carbocycles. The third-order valence-corrected chi connectivity index (χ3v) is 5.42. The molecule has 1 aromatic carbocycles. The zero-order valence-corrected chi connectivity index (χ0v) is 15.2. The van der Waals surface area contributed by atoms with Gasteiger partial charge in [0.05, 0.1) is 18.8 Å². The van der Waals surface area contributed by atoms with Gasteiger partial charge in [0.1, 0.15) is 5.82 Å². The van der Waals surface area contributed by atoms with Gasteiger partial charge in [0.25, 0.3) is 0 Å². The van der Waals surface area contributed by atoms with Gasteiger partial charge in [-0.25, -0.2) is 4.68 Å². The highest BCUT2D eigenvalue weighted by Gasteiger charge is 2.24. The van der Waals surface area contributed by atoms with Gasteiger partial charge in [0, 0.05) is 28.2 Å². The van der Waals surface area contributed by atoms with Crippen LogP contribution in [0.25, 0.3) is 10.9 Å². The molecule has 3 aromatic rings. The minimum atomic E-state index is 0.103. The molecule has 5 heteroatoms. The van der Waals surface area contributed by atoms with E-state index in [2.05, 4.69) is 47.4 Å². The molecule has 1 atom stereocenters. The molecule has 2 heterocycles. The first-order valence-corrected chi connectivity index (χ1v) is 9.08. The third-order valence-electron chi connectivity index (χ3n) is 5.42. The molecule has 0 saturated heterocycles. The topological polar surface area (TPSA) is 65.9 Å². The van der Waals surface area contributed by atoms with Gasteiger partial charge in [-0.1, -0.05) is 11.6 Å². The first kappa shape index (κ1) is 16.2. The first-order valence-electron chi connectivity index (χ1n) is 9.08. The Labute approximate surface area is 148 Å². The molecule has 1 aliphatic carbocycles. The fourth-order valence-electron chi connectivity index (χ4n) is 3.96. The van der Waals surface area contributed by atoms with Crippen molar-refractivity contribution >= 4 is 16.7 Å². The van der Waals surface area contributed by atoms with E-state index in [-0.39, 0.29) is 6.61 Å². The van der Waals surface area contributed by atoms with Crippen LogP contribution >= 0.6 is 0 Å². The Bertz CT molecular complexity index is 922. The van der Waals surface area contributed by atoms with Crippen LogP contribution in [0.4, 0.5) is 5.82 Å². The van der Waals surface area contributed by atoms with Gasteiger partial charge in [-0.05, 0) is 57.7 Å². The van der Waals surface area contributed by atoms with Crippen LogP contribution in [0.1, 0.15) is 34.5 Å². The Kier molecular flexibility index (Phi) is 4.04. The van der Waals surface area contributed by atoms with E-state index in [4.69, 9.17) is 0 Å². The van der Waals surface area contributed by atoms with Gasteiger partial charge in [-0.15, -0.1) is 0 Å². The molecular formula is C20H26N4O. The number of aromatic amines is 1. The average Bonchev–Trinajstić information content (AvgIpc) is 3.07. The number of hydrogen-bond donors (Lipinski definition) is 3. The van der Waals surface area contributed by atoms with Crippen molar-refractivity contribution in [3.8, 4) is 0 Å². The van der Waals surface area contributed by atoms with Crippen molar-refractivity contribution in [3.63, 3.8) is 0 Å². The van der Waals surface area contributed by atoms with Gasteiger partial charge in [-0.3, -0.25) is 0 Å². The molecule has 5 nitrogen and oxygen atoms in total. The maximum atomic E-state index is 9.30. The van der Waals surface area contributed by atoms with Crippen LogP contribution in [0.5, 0.6) is 0 Å². The summed E-state index contributed by atoms with van der Waals surface area (Å²) in [5.41, 5.74) is 7.58. The number of hydrogen-bond acceptors (Lipinski definition) is 3. The molecule has 3 N–H and O–H groups in total. The van der Waals surface area contributed by atoms with Crippen LogP contribution in [0, 0.1) is 20.8 Å². The van der Waals surface area contributed by atoms with Crippen LogP contribution in [0.2, 0.25) is 0 Å². The van der Waals surface area contributed by atoms with Gasteiger partial charge in [0.15, 0.2) is 0 Å². The molecule has 0 bridgehead atoms. The van der Waals surface area contributed by atoms with Crippen LogP contribution in [0.15, 0.2) is 18.2 Å². The molecule has 132 valence electrons. The number of aromatic nitrogens is 3. The number of aliphatic hydroxyl groups is 1. The normalized spacial score (nSPS) is 17.0. The smallest absolute Gasteiger partial charge is 0.127 e. The van der Waals surface area contributed by atoms with E-state index in [9.17, 15) is 5.11 Å². The minimum Gasteiger partial charge on any atom is -0.394 e. The monoisotopic (exact) mass is 338 g/mol.